The van der Waals surface area contributed by atoms with Crippen LogP contribution in [0.4, 0.5) is 0 Å². The summed E-state index contributed by atoms with van der Waals surface area (Å²) in [5.74, 6) is -0.203. The smallest absolute Gasteiger partial charge is 0.220 e. The van der Waals surface area contributed by atoms with Crippen molar-refractivity contribution in [3.05, 3.63) is 97.2 Å². The predicted molar refractivity (Wildman–Crippen MR) is 327 cm³/mol. The topological polar surface area (TPSA) is 149 Å². The largest absolute Gasteiger partial charge is 0.394 e. The number of ether oxygens (including phenoxy) is 2. The Morgan fingerprint density at radius 3 is 1.25 bits per heavy atom. The van der Waals surface area contributed by atoms with Crippen LogP contribution in [0.3, 0.4) is 0 Å². The van der Waals surface area contributed by atoms with Crippen LogP contribution in [0.5, 0.6) is 0 Å². The fourth-order valence-corrected chi connectivity index (χ4v) is 9.65. The van der Waals surface area contributed by atoms with Crippen LogP contribution in [0, 0.1) is 0 Å². The lowest BCUT2D eigenvalue weighted by atomic mass is 9.99. The van der Waals surface area contributed by atoms with Gasteiger partial charge in [0.05, 0.1) is 25.4 Å². The lowest BCUT2D eigenvalue weighted by molar-refractivity contribution is -0.302. The number of rotatable bonds is 54. The van der Waals surface area contributed by atoms with E-state index in [0.717, 1.165) is 103 Å². The molecule has 6 N–H and O–H groups in total. The van der Waals surface area contributed by atoms with Crippen molar-refractivity contribution in [1.82, 2.24) is 5.32 Å². The predicted octanol–water partition coefficient (Wildman–Crippen LogP) is 16.7. The second-order valence-corrected chi connectivity index (χ2v) is 21.8. The van der Waals surface area contributed by atoms with E-state index in [4.69, 9.17) is 9.47 Å². The van der Waals surface area contributed by atoms with Crippen molar-refractivity contribution in [2.75, 3.05) is 13.2 Å². The van der Waals surface area contributed by atoms with Crippen molar-refractivity contribution in [2.24, 2.45) is 0 Å². The van der Waals surface area contributed by atoms with E-state index in [2.05, 4.69) is 104 Å². The Bertz CT molecular complexity index is 1530. The van der Waals surface area contributed by atoms with Gasteiger partial charge in [-0.1, -0.05) is 278 Å². The lowest BCUT2D eigenvalue weighted by Crippen LogP contribution is -2.60. The van der Waals surface area contributed by atoms with E-state index in [1.807, 2.05) is 6.08 Å². The minimum atomic E-state index is -1.58. The number of amides is 1. The van der Waals surface area contributed by atoms with E-state index in [1.165, 1.54) is 148 Å². The normalized spacial score (nSPS) is 19.4. The SMILES string of the molecule is CC/C=C\C/C=C\C/C=C\C/C=C\C/C=C\C/C=C\CCCCCCCCC(=O)NC(COC1OC(CO)C(O)C(O)C1O)C(O)/C=C/CC/C=C/CCCCCCCCCCCCCCCCCCCCCCCCC. The Kier molecular flexibility index (Phi) is 52.8. The van der Waals surface area contributed by atoms with Gasteiger partial charge in [0.2, 0.25) is 5.91 Å². The molecule has 0 aliphatic carbocycles. The summed E-state index contributed by atoms with van der Waals surface area (Å²) in [6, 6.07) is -0.838. The molecule has 0 spiro atoms. The number of carbonyl (C=O) groups excluding carboxylic acids is 1. The number of unbranched alkanes of at least 4 members (excludes halogenated alkanes) is 30. The average Bonchev–Trinajstić information content (AvgIpc) is 3.43. The molecule has 444 valence electrons. The van der Waals surface area contributed by atoms with E-state index in [0.29, 0.717) is 6.42 Å². The van der Waals surface area contributed by atoms with Gasteiger partial charge in [0.15, 0.2) is 6.29 Å². The number of aliphatic hydroxyl groups excluding tert-OH is 5. The first kappa shape index (κ1) is 72.1. The van der Waals surface area contributed by atoms with Gasteiger partial charge in [0, 0.05) is 6.42 Å². The van der Waals surface area contributed by atoms with Crippen LogP contribution in [0.15, 0.2) is 97.2 Å². The summed E-state index contributed by atoms with van der Waals surface area (Å²) in [6.07, 6.45) is 74.9. The minimum Gasteiger partial charge on any atom is -0.394 e. The van der Waals surface area contributed by atoms with Gasteiger partial charge in [0.1, 0.15) is 24.4 Å². The summed E-state index contributed by atoms with van der Waals surface area (Å²) in [5.41, 5.74) is 0. The first-order chi connectivity index (χ1) is 37.8. The molecule has 1 aliphatic rings. The van der Waals surface area contributed by atoms with Crippen molar-refractivity contribution < 1.29 is 39.8 Å². The van der Waals surface area contributed by atoms with Crippen LogP contribution in [-0.2, 0) is 14.3 Å². The zero-order valence-electron chi connectivity index (χ0n) is 49.4. The molecule has 1 amide bonds. The van der Waals surface area contributed by atoms with E-state index in [-0.39, 0.29) is 12.5 Å². The summed E-state index contributed by atoms with van der Waals surface area (Å²) >= 11 is 0. The van der Waals surface area contributed by atoms with Gasteiger partial charge in [0.25, 0.3) is 0 Å². The van der Waals surface area contributed by atoms with Crippen molar-refractivity contribution in [3.8, 4) is 0 Å². The molecular formula is C68H119NO8. The second-order valence-electron chi connectivity index (χ2n) is 21.8. The van der Waals surface area contributed by atoms with Crippen LogP contribution in [0.1, 0.15) is 271 Å². The van der Waals surface area contributed by atoms with Crippen molar-refractivity contribution in [2.45, 2.75) is 314 Å². The molecule has 0 aromatic rings. The minimum absolute atomic E-state index is 0.203. The summed E-state index contributed by atoms with van der Waals surface area (Å²) in [4.78, 5) is 13.1. The van der Waals surface area contributed by atoms with Crippen LogP contribution in [0.2, 0.25) is 0 Å². The Morgan fingerprint density at radius 1 is 0.455 bits per heavy atom. The summed E-state index contributed by atoms with van der Waals surface area (Å²) in [6.45, 7) is 3.66. The summed E-state index contributed by atoms with van der Waals surface area (Å²) in [7, 11) is 0. The van der Waals surface area contributed by atoms with Gasteiger partial charge in [-0.15, -0.1) is 0 Å². The number of aliphatic hydroxyl groups is 5. The standard InChI is InChI=1S/C68H119NO8/c1-3-5-7-9-11-13-15-17-19-21-23-25-27-29-30-31-32-34-35-37-39-41-43-45-47-49-51-53-55-57-62(71)61(60-76-68-67(75)66(74)65(73)63(59-70)77-68)69-64(72)58-56-54-52-50-48-46-44-42-40-38-36-33-28-26-24-22-20-18-16-14-12-10-8-6-4-2/h6,8,12,14,18,20,24,26,33,36,40,42,47,49,55,57,61-63,65-68,70-71,73-75H,3-5,7,9-11,13,15-17,19,21-23,25,27-32,34-35,37-39,41,43-46,48,50-54,56,58-60H2,1-2H3,(H,69,72)/b8-6-,14-12-,20-18-,26-24-,36-33-,42-40-,49-47+,57-55+. The van der Waals surface area contributed by atoms with Crippen molar-refractivity contribution in [1.29, 1.82) is 0 Å². The van der Waals surface area contributed by atoms with Crippen LogP contribution in [-0.4, -0.2) is 87.5 Å². The third-order valence-electron chi connectivity index (χ3n) is 14.6. The molecule has 9 heteroatoms. The van der Waals surface area contributed by atoms with E-state index >= 15 is 0 Å². The highest BCUT2D eigenvalue weighted by atomic mass is 16.7. The summed E-state index contributed by atoms with van der Waals surface area (Å²) in [5, 5.41) is 54.6. The molecule has 1 fully saturated rings. The fourth-order valence-electron chi connectivity index (χ4n) is 9.65. The molecule has 0 radical (unpaired) electrons. The van der Waals surface area contributed by atoms with Gasteiger partial charge >= 0.3 is 0 Å². The zero-order chi connectivity index (χ0) is 55.8. The molecule has 1 aliphatic heterocycles. The third kappa shape index (κ3) is 45.5. The molecule has 9 nitrogen and oxygen atoms in total. The molecule has 0 aromatic heterocycles. The summed E-state index contributed by atoms with van der Waals surface area (Å²) < 4.78 is 11.3. The highest BCUT2D eigenvalue weighted by molar-refractivity contribution is 5.76. The Labute approximate surface area is 473 Å². The number of hydrogen-bond acceptors (Lipinski definition) is 8. The number of hydrogen-bond donors (Lipinski definition) is 6. The van der Waals surface area contributed by atoms with Crippen LogP contribution < -0.4 is 5.32 Å². The van der Waals surface area contributed by atoms with Crippen molar-refractivity contribution >= 4 is 5.91 Å². The maximum atomic E-state index is 13.1. The maximum absolute atomic E-state index is 13.1. The van der Waals surface area contributed by atoms with E-state index in [1.54, 1.807) is 6.08 Å². The number of nitrogens with one attached hydrogen (secondary N) is 1. The average molecular weight is 1080 g/mol. The van der Waals surface area contributed by atoms with E-state index in [9.17, 15) is 30.3 Å². The fraction of sp³-hybridized carbons (Fsp3) is 0.750. The lowest BCUT2D eigenvalue weighted by Gasteiger charge is -2.40. The quantitative estimate of drug-likeness (QED) is 0.0261. The second kappa shape index (κ2) is 56.4. The monoisotopic (exact) mass is 1080 g/mol. The first-order valence-electron chi connectivity index (χ1n) is 32.0. The molecule has 77 heavy (non-hydrogen) atoms. The maximum Gasteiger partial charge on any atom is 0.220 e. The highest BCUT2D eigenvalue weighted by Crippen LogP contribution is 2.23. The van der Waals surface area contributed by atoms with E-state index < -0.39 is 49.5 Å². The molecule has 1 rings (SSSR count). The van der Waals surface area contributed by atoms with Crippen molar-refractivity contribution in [3.63, 3.8) is 0 Å². The van der Waals surface area contributed by atoms with Gasteiger partial charge in [-0.2, -0.15) is 0 Å². The Morgan fingerprint density at radius 2 is 0.818 bits per heavy atom. The van der Waals surface area contributed by atoms with Gasteiger partial charge in [-0.05, 0) is 83.5 Å². The molecule has 7 unspecified atom stereocenters. The molecule has 1 heterocycles. The Balaban J connectivity index is 2.23. The van der Waals surface area contributed by atoms with Gasteiger partial charge in [-0.3, -0.25) is 4.79 Å². The Hall–Kier alpha value is -2.89. The molecule has 0 bridgehead atoms. The molecule has 7 atom stereocenters. The third-order valence-corrected chi connectivity index (χ3v) is 14.6. The molecule has 1 saturated heterocycles. The number of allylic oxidation sites excluding steroid dienone is 15. The van der Waals surface area contributed by atoms with Gasteiger partial charge < -0.3 is 40.3 Å². The number of carbonyl (C=O) groups is 1. The molecule has 0 saturated carbocycles. The molecule has 0 aromatic carbocycles. The first-order valence-corrected chi connectivity index (χ1v) is 32.0. The van der Waals surface area contributed by atoms with Gasteiger partial charge in [-0.25, -0.2) is 0 Å². The van der Waals surface area contributed by atoms with Crippen LogP contribution in [0.25, 0.3) is 0 Å². The highest BCUT2D eigenvalue weighted by Gasteiger charge is 2.44. The molecular weight excluding hydrogens is 959 g/mol. The zero-order valence-corrected chi connectivity index (χ0v) is 49.4. The van der Waals surface area contributed by atoms with Crippen LogP contribution >= 0.6 is 0 Å².